The van der Waals surface area contributed by atoms with Crippen LogP contribution >= 0.6 is 0 Å². The minimum Gasteiger partial charge on any atom is -0.223 e. The van der Waals surface area contributed by atoms with Gasteiger partial charge in [-0.25, -0.2) is 25.6 Å². The lowest BCUT2D eigenvalue weighted by atomic mass is 9.71. The second-order valence-electron chi connectivity index (χ2n) is 10.6. The Bertz CT molecular complexity index is 1460. The minimum atomic E-state index is -4.69. The number of halogens is 5. The van der Waals surface area contributed by atoms with Crippen molar-refractivity contribution in [2.75, 3.05) is 6.54 Å². The highest BCUT2D eigenvalue weighted by Crippen LogP contribution is 2.54. The molecule has 2 aliphatic rings. The van der Waals surface area contributed by atoms with Gasteiger partial charge in [-0.3, -0.25) is 0 Å². The fourth-order valence-electron chi connectivity index (χ4n) is 6.19. The van der Waals surface area contributed by atoms with Gasteiger partial charge in [-0.1, -0.05) is 19.9 Å². The zero-order chi connectivity index (χ0) is 29.0. The van der Waals surface area contributed by atoms with Crippen LogP contribution in [0.5, 0.6) is 0 Å². The minimum absolute atomic E-state index is 0.0136. The number of hydrogen-bond donors (Lipinski definition) is 0. The number of fused-ring (bicyclic) bond motifs is 1. The normalized spacial score (nSPS) is 27.7. The van der Waals surface area contributed by atoms with Crippen molar-refractivity contribution in [1.82, 2.24) is 4.31 Å². The average molecular weight is 592 g/mol. The van der Waals surface area contributed by atoms with Crippen LogP contribution in [-0.2, 0) is 30.8 Å². The Morgan fingerprint density at radius 3 is 2.33 bits per heavy atom. The predicted molar refractivity (Wildman–Crippen MR) is 137 cm³/mol. The maximum absolute atomic E-state index is 15.3. The lowest BCUT2D eigenvalue weighted by molar-refractivity contribution is -0.137. The van der Waals surface area contributed by atoms with E-state index in [0.717, 1.165) is 30.3 Å². The van der Waals surface area contributed by atoms with Gasteiger partial charge in [-0.2, -0.15) is 17.5 Å². The lowest BCUT2D eigenvalue weighted by Gasteiger charge is -2.52. The molecule has 0 spiro atoms. The molecule has 5 nitrogen and oxygen atoms in total. The van der Waals surface area contributed by atoms with Gasteiger partial charge in [0.1, 0.15) is 16.4 Å². The highest BCUT2D eigenvalue weighted by Gasteiger charge is 2.57. The van der Waals surface area contributed by atoms with Crippen molar-refractivity contribution < 1.29 is 38.8 Å². The van der Waals surface area contributed by atoms with Crippen LogP contribution in [0.15, 0.2) is 60.0 Å². The van der Waals surface area contributed by atoms with Crippen molar-refractivity contribution in [3.05, 3.63) is 77.9 Å². The Labute approximate surface area is 225 Å². The van der Waals surface area contributed by atoms with Crippen molar-refractivity contribution in [3.63, 3.8) is 0 Å². The van der Waals surface area contributed by atoms with Crippen LogP contribution in [0.4, 0.5) is 22.0 Å². The summed E-state index contributed by atoms with van der Waals surface area (Å²) in [6, 6.07) is 4.85. The Kier molecular flexibility index (Phi) is 7.81. The number of hydrogen-bond acceptors (Lipinski definition) is 4. The molecule has 0 amide bonds. The van der Waals surface area contributed by atoms with E-state index in [1.807, 2.05) is 0 Å². The maximum Gasteiger partial charge on any atom is 0.416 e. The summed E-state index contributed by atoms with van der Waals surface area (Å²) in [5, 5.41) is -0.833. The molecule has 1 aliphatic heterocycles. The summed E-state index contributed by atoms with van der Waals surface area (Å²) in [4.78, 5) is -0.454. The molecular weight excluding hydrogens is 561 g/mol. The number of nitrogens with zero attached hydrogens (tertiary/aromatic N) is 1. The Morgan fingerprint density at radius 1 is 1.13 bits per heavy atom. The third-order valence-electron chi connectivity index (χ3n) is 8.07. The van der Waals surface area contributed by atoms with Crippen molar-refractivity contribution in [3.8, 4) is 0 Å². The van der Waals surface area contributed by atoms with Gasteiger partial charge in [0.05, 0.1) is 15.7 Å². The van der Waals surface area contributed by atoms with Gasteiger partial charge in [0, 0.05) is 18.2 Å². The van der Waals surface area contributed by atoms with Gasteiger partial charge in [0.2, 0.25) is 10.0 Å². The monoisotopic (exact) mass is 591 g/mol. The topological polar surface area (TPSA) is 71.5 Å². The van der Waals surface area contributed by atoms with E-state index in [1.165, 1.54) is 10.4 Å². The molecule has 2 aromatic rings. The SMILES string of the molecule is C=CCN1[C@H]2CC[C@@](c3cc(F)ccc3F)(S(=O)(=O)c3ccc(C(F)(F)F)cc3)C[C@H]2C[C@H](C(C)C)S1(=O)=O. The molecular formula is C27H30F5NO4S2. The molecule has 0 aromatic heterocycles. The molecule has 2 aromatic carbocycles. The molecule has 0 unspecified atom stereocenters. The average Bonchev–Trinajstić information content (AvgIpc) is 2.86. The predicted octanol–water partition coefficient (Wildman–Crippen LogP) is 6.07. The molecule has 0 N–H and O–H groups in total. The van der Waals surface area contributed by atoms with Gasteiger partial charge < -0.3 is 0 Å². The largest absolute Gasteiger partial charge is 0.416 e. The second-order valence-corrected chi connectivity index (χ2v) is 15.0. The van der Waals surface area contributed by atoms with Crippen LogP contribution in [0.25, 0.3) is 0 Å². The first-order valence-corrected chi connectivity index (χ1v) is 15.5. The maximum atomic E-state index is 15.3. The molecule has 4 atom stereocenters. The first-order chi connectivity index (χ1) is 18.1. The highest BCUT2D eigenvalue weighted by atomic mass is 32.2. The standard InChI is InChI=1S/C27H30F5NO4S2/c1-4-13-33-24-11-12-26(22-15-20(28)7-10-23(22)29,16-18(24)14-25(17(2)3)39(33,36)37)38(34,35)21-8-5-19(6-9-21)27(30,31)32/h4-10,15,17-18,24-25H,1,11-14,16H2,2-3H3/t18-,24+,25-,26-/m1/s1. The Hall–Kier alpha value is -2.31. The number of rotatable bonds is 6. The highest BCUT2D eigenvalue weighted by molar-refractivity contribution is 7.92. The van der Waals surface area contributed by atoms with Crippen LogP contribution in [-0.4, -0.2) is 39.0 Å². The fourth-order valence-corrected chi connectivity index (χ4v) is 10.9. The van der Waals surface area contributed by atoms with Crippen molar-refractivity contribution >= 4 is 19.9 Å². The van der Waals surface area contributed by atoms with E-state index in [9.17, 15) is 34.4 Å². The van der Waals surface area contributed by atoms with E-state index >= 15 is 4.39 Å². The summed E-state index contributed by atoms with van der Waals surface area (Å²) in [6.07, 6.45) is -3.59. The zero-order valence-corrected chi connectivity index (χ0v) is 23.1. The first kappa shape index (κ1) is 29.7. The Balaban J connectivity index is 1.89. The molecule has 2 fully saturated rings. The van der Waals surface area contributed by atoms with E-state index < -0.39 is 75.7 Å². The van der Waals surface area contributed by atoms with Crippen molar-refractivity contribution in [1.29, 1.82) is 0 Å². The molecule has 0 bridgehead atoms. The van der Waals surface area contributed by atoms with Gasteiger partial charge in [0.15, 0.2) is 9.84 Å². The van der Waals surface area contributed by atoms with Crippen molar-refractivity contribution in [2.24, 2.45) is 11.8 Å². The van der Waals surface area contributed by atoms with Crippen LogP contribution in [0.1, 0.15) is 50.7 Å². The van der Waals surface area contributed by atoms with E-state index in [4.69, 9.17) is 0 Å². The summed E-state index contributed by atoms with van der Waals surface area (Å²) in [6.45, 7) is 7.16. The number of sulfone groups is 1. The molecule has 39 heavy (non-hydrogen) atoms. The number of sulfonamides is 1. The van der Waals surface area contributed by atoms with Gasteiger partial charge in [0.25, 0.3) is 0 Å². The van der Waals surface area contributed by atoms with Gasteiger partial charge >= 0.3 is 6.18 Å². The van der Waals surface area contributed by atoms with Crippen LogP contribution in [0.3, 0.4) is 0 Å². The molecule has 1 heterocycles. The molecule has 1 saturated carbocycles. The third kappa shape index (κ3) is 5.04. The van der Waals surface area contributed by atoms with E-state index in [0.29, 0.717) is 12.1 Å². The van der Waals surface area contributed by atoms with Crippen molar-refractivity contribution in [2.45, 2.75) is 66.6 Å². The van der Waals surface area contributed by atoms with Crippen LogP contribution in [0.2, 0.25) is 0 Å². The van der Waals surface area contributed by atoms with Crippen LogP contribution in [0, 0.1) is 23.5 Å². The molecule has 1 aliphatic carbocycles. The van der Waals surface area contributed by atoms with Crippen LogP contribution < -0.4 is 0 Å². The Morgan fingerprint density at radius 2 is 1.77 bits per heavy atom. The summed E-state index contributed by atoms with van der Waals surface area (Å²) in [7, 11) is -8.33. The van der Waals surface area contributed by atoms with E-state index in [1.54, 1.807) is 13.8 Å². The molecule has 1 saturated heterocycles. The van der Waals surface area contributed by atoms with E-state index in [-0.39, 0.29) is 38.1 Å². The first-order valence-electron chi connectivity index (χ1n) is 12.5. The number of benzene rings is 2. The molecule has 214 valence electrons. The van der Waals surface area contributed by atoms with Gasteiger partial charge in [-0.15, -0.1) is 6.58 Å². The molecule has 0 radical (unpaired) electrons. The zero-order valence-electron chi connectivity index (χ0n) is 21.5. The summed E-state index contributed by atoms with van der Waals surface area (Å²) >= 11 is 0. The summed E-state index contributed by atoms with van der Waals surface area (Å²) < 4.78 is 124. The fraction of sp³-hybridized carbons (Fsp3) is 0.481. The summed E-state index contributed by atoms with van der Waals surface area (Å²) in [5.74, 6) is -2.68. The van der Waals surface area contributed by atoms with E-state index in [2.05, 4.69) is 6.58 Å². The smallest absolute Gasteiger partial charge is 0.223 e. The third-order valence-corrected chi connectivity index (χ3v) is 13.2. The number of alkyl halides is 3. The second kappa shape index (κ2) is 10.3. The van der Waals surface area contributed by atoms with Gasteiger partial charge in [-0.05, 0) is 80.0 Å². The molecule has 4 rings (SSSR count). The molecule has 12 heteroatoms. The lowest BCUT2D eigenvalue weighted by Crippen LogP contribution is -2.59. The quantitative estimate of drug-likeness (QED) is 0.302. The summed E-state index contributed by atoms with van der Waals surface area (Å²) in [5.41, 5.74) is -1.46.